The minimum Gasteiger partial charge on any atom is -0.466 e. The Morgan fingerprint density at radius 2 is 1.27 bits per heavy atom. The van der Waals surface area contributed by atoms with E-state index in [1.165, 1.54) is 6.92 Å². The van der Waals surface area contributed by atoms with Crippen molar-refractivity contribution in [1.82, 2.24) is 0 Å². The molecule has 0 bridgehead atoms. The summed E-state index contributed by atoms with van der Waals surface area (Å²) in [7, 11) is 0. The molecule has 0 heterocycles. The summed E-state index contributed by atoms with van der Waals surface area (Å²) in [6, 6.07) is 0. The first kappa shape index (κ1) is 23.6. The Labute approximate surface area is 94.8 Å². The number of hydrogen-bond acceptors (Lipinski definition) is 3. The maximum Gasteiger partial charge on any atom is 0.302 e. The van der Waals surface area contributed by atoms with Crippen LogP contribution in [0.3, 0.4) is 0 Å². The number of rotatable bonds is 3. The Balaban J connectivity index is -0.0000000610. The first-order valence-electron chi connectivity index (χ1n) is 4.90. The van der Waals surface area contributed by atoms with Crippen molar-refractivity contribution in [3.8, 4) is 0 Å². The second kappa shape index (κ2) is 38.4. The molecule has 0 radical (unpaired) electrons. The highest BCUT2D eigenvalue weighted by atomic mass is 16.5. The summed E-state index contributed by atoms with van der Waals surface area (Å²) >= 11 is 0. The third-order valence-corrected chi connectivity index (χ3v) is 0.756. The van der Waals surface area contributed by atoms with E-state index in [0.717, 1.165) is 13.2 Å². The van der Waals surface area contributed by atoms with Crippen molar-refractivity contribution in [2.24, 2.45) is 0 Å². The van der Waals surface area contributed by atoms with Gasteiger partial charge in [0.1, 0.15) is 0 Å². The van der Waals surface area contributed by atoms with Crippen LogP contribution in [0.5, 0.6) is 0 Å². The smallest absolute Gasteiger partial charge is 0.302 e. The van der Waals surface area contributed by atoms with Crippen LogP contribution in [-0.4, -0.2) is 25.8 Å². The molecule has 0 rings (SSSR count). The SMILES string of the molecule is C=C.C=C.CCOC(C)=O.CCOCC. The van der Waals surface area contributed by atoms with Crippen LogP contribution >= 0.6 is 0 Å². The molecule has 0 atom stereocenters. The Hall–Kier alpha value is -1.09. The lowest BCUT2D eigenvalue weighted by atomic mass is 10.8. The second-order valence-corrected chi connectivity index (χ2v) is 1.71. The summed E-state index contributed by atoms with van der Waals surface area (Å²) in [4.78, 5) is 9.82. The van der Waals surface area contributed by atoms with Gasteiger partial charge in [-0.3, -0.25) is 4.79 Å². The van der Waals surface area contributed by atoms with Gasteiger partial charge in [0.2, 0.25) is 0 Å². The zero-order chi connectivity index (χ0) is 13.1. The highest BCUT2D eigenvalue weighted by molar-refractivity contribution is 5.65. The summed E-state index contributed by atoms with van der Waals surface area (Å²) < 4.78 is 9.24. The first-order chi connectivity index (χ1) is 7.18. The molecule has 0 aliphatic heterocycles. The van der Waals surface area contributed by atoms with Gasteiger partial charge in [0.05, 0.1) is 6.61 Å². The lowest BCUT2D eigenvalue weighted by molar-refractivity contribution is -0.140. The Bertz CT molecular complexity index is 99.0. The fourth-order valence-corrected chi connectivity index (χ4v) is 0.407. The molecule has 0 aromatic carbocycles. The molecule has 0 N–H and O–H groups in total. The highest BCUT2D eigenvalue weighted by Crippen LogP contribution is 1.69. The summed E-state index contributed by atoms with van der Waals surface area (Å²) in [6.07, 6.45) is 0. The molecule has 0 fully saturated rings. The minimum absolute atomic E-state index is 0.211. The van der Waals surface area contributed by atoms with Crippen molar-refractivity contribution >= 4 is 5.97 Å². The van der Waals surface area contributed by atoms with Gasteiger partial charge in [-0.2, -0.15) is 0 Å². The molecule has 0 spiro atoms. The van der Waals surface area contributed by atoms with Gasteiger partial charge < -0.3 is 9.47 Å². The summed E-state index contributed by atoms with van der Waals surface area (Å²) in [5.74, 6) is -0.211. The molecular weight excluding hydrogens is 192 g/mol. The van der Waals surface area contributed by atoms with Crippen LogP contribution in [0, 0.1) is 0 Å². The van der Waals surface area contributed by atoms with Crippen molar-refractivity contribution in [1.29, 1.82) is 0 Å². The van der Waals surface area contributed by atoms with Crippen molar-refractivity contribution in [2.75, 3.05) is 19.8 Å². The van der Waals surface area contributed by atoms with E-state index in [1.807, 2.05) is 13.8 Å². The van der Waals surface area contributed by atoms with E-state index in [1.54, 1.807) is 6.92 Å². The van der Waals surface area contributed by atoms with Crippen LogP contribution in [0.15, 0.2) is 26.3 Å². The summed E-state index contributed by atoms with van der Waals surface area (Å²) in [5, 5.41) is 0. The van der Waals surface area contributed by atoms with Gasteiger partial charge in [0, 0.05) is 20.1 Å². The monoisotopic (exact) mass is 218 g/mol. The number of carbonyl (C=O) groups excluding carboxylic acids is 1. The molecular formula is C12H26O3. The lowest BCUT2D eigenvalue weighted by Gasteiger charge is -1.89. The third kappa shape index (κ3) is 101. The van der Waals surface area contributed by atoms with Gasteiger partial charge in [-0.15, -0.1) is 26.3 Å². The van der Waals surface area contributed by atoms with Gasteiger partial charge in [-0.25, -0.2) is 0 Å². The van der Waals surface area contributed by atoms with Gasteiger partial charge in [-0.1, -0.05) is 0 Å². The zero-order valence-corrected chi connectivity index (χ0v) is 10.7. The maximum atomic E-state index is 9.82. The van der Waals surface area contributed by atoms with E-state index in [-0.39, 0.29) is 5.97 Å². The number of hydrogen-bond donors (Lipinski definition) is 0. The molecule has 3 heteroatoms. The number of esters is 1. The van der Waals surface area contributed by atoms with Crippen molar-refractivity contribution in [2.45, 2.75) is 27.7 Å². The minimum atomic E-state index is -0.211. The molecule has 15 heavy (non-hydrogen) atoms. The van der Waals surface area contributed by atoms with Gasteiger partial charge in [0.15, 0.2) is 0 Å². The van der Waals surface area contributed by atoms with Crippen LogP contribution in [0.4, 0.5) is 0 Å². The Morgan fingerprint density at radius 3 is 1.27 bits per heavy atom. The standard InChI is InChI=1S/C4H8O2.C4H10O.2C2H4/c1-3-6-4(2)5;1-3-5-4-2;2*1-2/h3H2,1-2H3;3-4H2,1-2H3;2*1-2H2. The first-order valence-corrected chi connectivity index (χ1v) is 4.90. The molecule has 0 amide bonds. The lowest BCUT2D eigenvalue weighted by Crippen LogP contribution is -1.95. The maximum absolute atomic E-state index is 9.82. The molecule has 0 unspecified atom stereocenters. The van der Waals surface area contributed by atoms with Crippen molar-refractivity contribution in [3.05, 3.63) is 26.3 Å². The van der Waals surface area contributed by atoms with Crippen LogP contribution in [0.25, 0.3) is 0 Å². The fourth-order valence-electron chi connectivity index (χ4n) is 0.407. The quantitative estimate of drug-likeness (QED) is 0.539. The van der Waals surface area contributed by atoms with E-state index < -0.39 is 0 Å². The van der Waals surface area contributed by atoms with E-state index in [4.69, 9.17) is 4.74 Å². The average molecular weight is 218 g/mol. The molecule has 0 aromatic rings. The Kier molecular flexibility index (Phi) is 60.4. The normalized spacial score (nSPS) is 6.40. The molecule has 0 aliphatic rings. The number of ether oxygens (including phenoxy) is 2. The Morgan fingerprint density at radius 1 is 0.933 bits per heavy atom. The second-order valence-electron chi connectivity index (χ2n) is 1.71. The van der Waals surface area contributed by atoms with Gasteiger partial charge in [0.25, 0.3) is 0 Å². The third-order valence-electron chi connectivity index (χ3n) is 0.756. The molecule has 3 nitrogen and oxygen atoms in total. The number of carbonyl (C=O) groups is 1. The van der Waals surface area contributed by atoms with Crippen molar-refractivity contribution < 1.29 is 14.3 Å². The fraction of sp³-hybridized carbons (Fsp3) is 0.583. The summed E-state index contributed by atoms with van der Waals surface area (Å²) in [5.41, 5.74) is 0. The largest absolute Gasteiger partial charge is 0.466 e. The average Bonchev–Trinajstić information content (AvgIpc) is 2.25. The van der Waals surface area contributed by atoms with E-state index in [9.17, 15) is 4.79 Å². The van der Waals surface area contributed by atoms with Crippen molar-refractivity contribution in [3.63, 3.8) is 0 Å². The summed E-state index contributed by atoms with van der Waals surface area (Å²) in [6.45, 7) is 21.3. The topological polar surface area (TPSA) is 35.5 Å². The predicted molar refractivity (Wildman–Crippen MR) is 67.0 cm³/mol. The molecule has 0 aliphatic carbocycles. The molecule has 0 saturated carbocycles. The predicted octanol–water partition coefficient (Wildman–Crippen LogP) is 3.22. The van der Waals surface area contributed by atoms with Crippen LogP contribution in [0.1, 0.15) is 27.7 Å². The van der Waals surface area contributed by atoms with E-state index in [2.05, 4.69) is 31.1 Å². The van der Waals surface area contributed by atoms with E-state index in [0.29, 0.717) is 6.61 Å². The zero-order valence-electron chi connectivity index (χ0n) is 10.7. The molecule has 0 saturated heterocycles. The highest BCUT2D eigenvalue weighted by Gasteiger charge is 1.81. The van der Waals surface area contributed by atoms with Crippen LogP contribution in [-0.2, 0) is 14.3 Å². The van der Waals surface area contributed by atoms with E-state index >= 15 is 0 Å². The van der Waals surface area contributed by atoms with Crippen LogP contribution < -0.4 is 0 Å². The van der Waals surface area contributed by atoms with Gasteiger partial charge >= 0.3 is 5.97 Å². The molecule has 0 aromatic heterocycles. The molecule has 92 valence electrons. The van der Waals surface area contributed by atoms with Gasteiger partial charge in [-0.05, 0) is 20.8 Å². The van der Waals surface area contributed by atoms with Crippen LogP contribution in [0.2, 0.25) is 0 Å².